The Morgan fingerprint density at radius 3 is 2.42 bits per heavy atom. The van der Waals surface area contributed by atoms with Gasteiger partial charge in [-0.05, 0) is 37.5 Å². The van der Waals surface area contributed by atoms with Crippen LogP contribution in [0, 0.1) is 11.8 Å². The van der Waals surface area contributed by atoms with Crippen molar-refractivity contribution in [2.75, 3.05) is 26.2 Å². The molecule has 3 rings (SSSR count). The van der Waals surface area contributed by atoms with Crippen LogP contribution in [0.4, 0.5) is 0 Å². The van der Waals surface area contributed by atoms with E-state index in [1.165, 1.54) is 64.5 Å². The zero-order chi connectivity index (χ0) is 13.1. The van der Waals surface area contributed by atoms with Crippen molar-refractivity contribution in [3.05, 3.63) is 0 Å². The van der Waals surface area contributed by atoms with E-state index in [1.807, 2.05) is 0 Å². The van der Waals surface area contributed by atoms with Gasteiger partial charge in [-0.25, -0.2) is 0 Å². The van der Waals surface area contributed by atoms with Crippen molar-refractivity contribution in [1.29, 1.82) is 0 Å². The zero-order valence-corrected chi connectivity index (χ0v) is 12.3. The first-order valence-electron chi connectivity index (χ1n) is 8.52. The lowest BCUT2D eigenvalue weighted by molar-refractivity contribution is 0.130. The minimum atomic E-state index is 0.729. The Balaban J connectivity index is 1.51. The number of nitrogens with two attached hydrogens (primary N) is 1. The molecule has 2 unspecified atom stereocenters. The van der Waals surface area contributed by atoms with E-state index in [4.69, 9.17) is 5.73 Å². The number of likely N-dealkylation sites (tertiary alicyclic amines) is 1. The molecule has 3 N–H and O–H groups in total. The van der Waals surface area contributed by atoms with Gasteiger partial charge >= 0.3 is 0 Å². The minimum Gasteiger partial charge on any atom is -0.329 e. The maximum absolute atomic E-state index is 5.77. The molecule has 0 aromatic rings. The van der Waals surface area contributed by atoms with Crippen LogP contribution in [0.15, 0.2) is 0 Å². The van der Waals surface area contributed by atoms with Crippen LogP contribution in [-0.2, 0) is 0 Å². The predicted molar refractivity (Wildman–Crippen MR) is 80.1 cm³/mol. The van der Waals surface area contributed by atoms with Crippen LogP contribution in [-0.4, -0.2) is 43.2 Å². The predicted octanol–water partition coefficient (Wildman–Crippen LogP) is 1.97. The third kappa shape index (κ3) is 4.17. The van der Waals surface area contributed by atoms with E-state index in [9.17, 15) is 0 Å². The number of hydrogen-bond acceptors (Lipinski definition) is 3. The monoisotopic (exact) mass is 265 g/mol. The molecule has 2 aliphatic carbocycles. The van der Waals surface area contributed by atoms with Gasteiger partial charge in [-0.2, -0.15) is 0 Å². The molecule has 2 saturated carbocycles. The Labute approximate surface area is 118 Å². The van der Waals surface area contributed by atoms with Crippen molar-refractivity contribution in [3.8, 4) is 0 Å². The number of nitrogens with one attached hydrogen (secondary N) is 1. The van der Waals surface area contributed by atoms with E-state index in [2.05, 4.69) is 10.2 Å². The maximum atomic E-state index is 5.77. The highest BCUT2D eigenvalue weighted by Gasteiger charge is 2.32. The smallest absolute Gasteiger partial charge is 0.0200 e. The Hall–Kier alpha value is -0.120. The van der Waals surface area contributed by atoms with Gasteiger partial charge in [-0.1, -0.05) is 25.7 Å². The summed E-state index contributed by atoms with van der Waals surface area (Å²) in [4.78, 5) is 2.61. The second-order valence-corrected chi connectivity index (χ2v) is 7.17. The first kappa shape index (κ1) is 13.8. The van der Waals surface area contributed by atoms with Crippen LogP contribution in [0.3, 0.4) is 0 Å². The van der Waals surface area contributed by atoms with E-state index < -0.39 is 0 Å². The average molecular weight is 265 g/mol. The number of rotatable bonds is 6. The molecule has 3 fully saturated rings. The molecule has 0 bridgehead atoms. The van der Waals surface area contributed by atoms with Crippen molar-refractivity contribution < 1.29 is 0 Å². The van der Waals surface area contributed by atoms with Crippen LogP contribution in [0.25, 0.3) is 0 Å². The summed E-state index contributed by atoms with van der Waals surface area (Å²) in [5.74, 6) is 1.99. The summed E-state index contributed by atoms with van der Waals surface area (Å²) in [6.45, 7) is 4.43. The third-order valence-electron chi connectivity index (χ3n) is 5.25. The first-order valence-corrected chi connectivity index (χ1v) is 8.52. The van der Waals surface area contributed by atoms with Gasteiger partial charge in [0.05, 0.1) is 0 Å². The van der Waals surface area contributed by atoms with Gasteiger partial charge in [0, 0.05) is 38.3 Å². The molecule has 0 spiro atoms. The molecule has 3 aliphatic rings. The van der Waals surface area contributed by atoms with Crippen molar-refractivity contribution in [2.45, 2.75) is 63.5 Å². The van der Waals surface area contributed by atoms with E-state index in [1.54, 1.807) is 0 Å². The molecule has 3 nitrogen and oxygen atoms in total. The normalized spacial score (nSPS) is 33.9. The molecule has 19 heavy (non-hydrogen) atoms. The molecule has 0 aromatic carbocycles. The topological polar surface area (TPSA) is 41.3 Å². The van der Waals surface area contributed by atoms with E-state index in [-0.39, 0.29) is 0 Å². The lowest BCUT2D eigenvalue weighted by Gasteiger charge is -2.39. The van der Waals surface area contributed by atoms with Gasteiger partial charge in [0.25, 0.3) is 0 Å². The number of piperidine rings is 1. The summed E-state index contributed by atoms with van der Waals surface area (Å²) in [6, 6.07) is 1.54. The number of nitrogens with zero attached hydrogens (tertiary/aromatic N) is 1. The van der Waals surface area contributed by atoms with Gasteiger partial charge in [-0.15, -0.1) is 0 Å². The largest absolute Gasteiger partial charge is 0.329 e. The van der Waals surface area contributed by atoms with Gasteiger partial charge in [0.2, 0.25) is 0 Å². The molecule has 0 amide bonds. The summed E-state index contributed by atoms with van der Waals surface area (Å²) in [5, 5.41) is 3.95. The number of hydrogen-bond donors (Lipinski definition) is 2. The van der Waals surface area contributed by atoms with Crippen molar-refractivity contribution in [3.63, 3.8) is 0 Å². The molecule has 110 valence electrons. The fourth-order valence-electron chi connectivity index (χ4n) is 4.21. The average Bonchev–Trinajstić information content (AvgIpc) is 3.04. The molecule has 1 aliphatic heterocycles. The van der Waals surface area contributed by atoms with Crippen LogP contribution in [0.5, 0.6) is 0 Å². The van der Waals surface area contributed by atoms with Gasteiger partial charge in [0.1, 0.15) is 0 Å². The summed E-state index contributed by atoms with van der Waals surface area (Å²) in [5.41, 5.74) is 5.77. The molecule has 1 heterocycles. The second kappa shape index (κ2) is 6.55. The van der Waals surface area contributed by atoms with Crippen LogP contribution < -0.4 is 11.1 Å². The lowest BCUT2D eigenvalue weighted by atomic mass is 9.89. The Kier molecular flexibility index (Phi) is 4.78. The highest BCUT2D eigenvalue weighted by atomic mass is 15.2. The van der Waals surface area contributed by atoms with Crippen LogP contribution >= 0.6 is 0 Å². The molecular weight excluding hydrogens is 234 g/mol. The standard InChI is InChI=1S/C16H31N3/c17-7-8-19-11-14(9-13-5-6-13)10-16(12-19)18-15-3-1-2-4-15/h13-16,18H,1-12,17H2. The highest BCUT2D eigenvalue weighted by Crippen LogP contribution is 2.38. The van der Waals surface area contributed by atoms with Crippen molar-refractivity contribution in [1.82, 2.24) is 10.2 Å². The van der Waals surface area contributed by atoms with Gasteiger partial charge in [0.15, 0.2) is 0 Å². The lowest BCUT2D eigenvalue weighted by Crippen LogP contribution is -2.52. The molecule has 2 atom stereocenters. The Morgan fingerprint density at radius 1 is 0.947 bits per heavy atom. The van der Waals surface area contributed by atoms with Crippen molar-refractivity contribution >= 4 is 0 Å². The summed E-state index contributed by atoms with van der Waals surface area (Å²) >= 11 is 0. The first-order chi connectivity index (χ1) is 9.33. The quantitative estimate of drug-likeness (QED) is 0.771. The summed E-state index contributed by atoms with van der Waals surface area (Å²) in [6.07, 6.45) is 11.5. The molecule has 3 heteroatoms. The van der Waals surface area contributed by atoms with Crippen LogP contribution in [0.1, 0.15) is 51.4 Å². The Morgan fingerprint density at radius 2 is 1.74 bits per heavy atom. The third-order valence-corrected chi connectivity index (χ3v) is 5.25. The minimum absolute atomic E-state index is 0.729. The van der Waals surface area contributed by atoms with E-state index in [0.29, 0.717) is 0 Å². The fraction of sp³-hybridized carbons (Fsp3) is 1.00. The molecule has 0 aromatic heterocycles. The highest BCUT2D eigenvalue weighted by molar-refractivity contribution is 4.89. The zero-order valence-electron chi connectivity index (χ0n) is 12.3. The fourth-order valence-corrected chi connectivity index (χ4v) is 4.21. The molecule has 0 radical (unpaired) electrons. The van der Waals surface area contributed by atoms with Gasteiger partial charge in [-0.3, -0.25) is 0 Å². The summed E-state index contributed by atoms with van der Waals surface area (Å²) in [7, 11) is 0. The van der Waals surface area contributed by atoms with Crippen LogP contribution in [0.2, 0.25) is 0 Å². The SMILES string of the molecule is NCCN1CC(CC2CC2)CC(NC2CCCC2)C1. The molecule has 1 saturated heterocycles. The maximum Gasteiger partial charge on any atom is 0.0200 e. The molecular formula is C16H31N3. The van der Waals surface area contributed by atoms with Crippen molar-refractivity contribution in [2.24, 2.45) is 17.6 Å². The second-order valence-electron chi connectivity index (χ2n) is 7.17. The summed E-state index contributed by atoms with van der Waals surface area (Å²) < 4.78 is 0. The Bertz CT molecular complexity index is 271. The van der Waals surface area contributed by atoms with E-state index in [0.717, 1.165) is 37.0 Å². The van der Waals surface area contributed by atoms with E-state index >= 15 is 0 Å². The van der Waals surface area contributed by atoms with Gasteiger partial charge < -0.3 is 16.0 Å².